The number of hydrogen-bond acceptors (Lipinski definition) is 3. The second-order valence-electron chi connectivity index (χ2n) is 4.39. The van der Waals surface area contributed by atoms with E-state index in [1.54, 1.807) is 18.3 Å². The number of thiophene rings is 1. The molecule has 0 bridgehead atoms. The van der Waals surface area contributed by atoms with Gasteiger partial charge < -0.3 is 10.0 Å². The van der Waals surface area contributed by atoms with Gasteiger partial charge in [0, 0.05) is 23.9 Å². The van der Waals surface area contributed by atoms with Crippen LogP contribution in [0.5, 0.6) is 0 Å². The highest BCUT2D eigenvalue weighted by Gasteiger charge is 2.28. The second-order valence-corrected chi connectivity index (χ2v) is 5.42. The Balaban J connectivity index is 1.87. The lowest BCUT2D eigenvalue weighted by atomic mass is 10.0. The fourth-order valence-corrected chi connectivity index (χ4v) is 2.78. The van der Waals surface area contributed by atoms with Crippen molar-refractivity contribution < 1.29 is 9.90 Å². The van der Waals surface area contributed by atoms with E-state index >= 15 is 0 Å². The van der Waals surface area contributed by atoms with Crippen molar-refractivity contribution in [3.63, 3.8) is 0 Å². The Morgan fingerprint density at radius 1 is 1.75 bits per heavy atom. The second kappa shape index (κ2) is 4.97. The molecule has 2 atom stereocenters. The molecular formula is C12H17NO2S. The summed E-state index contributed by atoms with van der Waals surface area (Å²) in [6.07, 6.45) is 1.12. The maximum Gasteiger partial charge on any atom is 0.227 e. The monoisotopic (exact) mass is 239 g/mol. The van der Waals surface area contributed by atoms with E-state index in [4.69, 9.17) is 0 Å². The van der Waals surface area contributed by atoms with Crippen molar-refractivity contribution in [1.82, 2.24) is 4.90 Å². The Bertz CT molecular complexity index is 348. The third-order valence-corrected chi connectivity index (χ3v) is 4.04. The Kier molecular flexibility index (Phi) is 3.61. The van der Waals surface area contributed by atoms with Crippen LogP contribution in [0.2, 0.25) is 0 Å². The molecule has 88 valence electrons. The summed E-state index contributed by atoms with van der Waals surface area (Å²) < 4.78 is 0. The van der Waals surface area contributed by atoms with Gasteiger partial charge in [-0.2, -0.15) is 0 Å². The van der Waals surface area contributed by atoms with Gasteiger partial charge in [-0.1, -0.05) is 6.07 Å². The van der Waals surface area contributed by atoms with Crippen LogP contribution in [0, 0.1) is 5.92 Å². The Labute approximate surface area is 99.7 Å². The minimum Gasteiger partial charge on any atom is -0.393 e. The molecule has 1 aromatic rings. The summed E-state index contributed by atoms with van der Waals surface area (Å²) in [5.74, 6) is 0.442. The summed E-state index contributed by atoms with van der Waals surface area (Å²) >= 11 is 1.62. The minimum atomic E-state index is -0.306. The van der Waals surface area contributed by atoms with Gasteiger partial charge in [0.2, 0.25) is 5.91 Å². The highest BCUT2D eigenvalue weighted by molar-refractivity contribution is 7.10. The quantitative estimate of drug-likeness (QED) is 0.869. The molecule has 2 heterocycles. The molecule has 16 heavy (non-hydrogen) atoms. The zero-order valence-electron chi connectivity index (χ0n) is 9.43. The highest BCUT2D eigenvalue weighted by atomic mass is 32.1. The lowest BCUT2D eigenvalue weighted by Crippen LogP contribution is -2.31. The van der Waals surface area contributed by atoms with Gasteiger partial charge >= 0.3 is 0 Å². The molecule has 1 saturated heterocycles. The molecule has 0 aromatic carbocycles. The minimum absolute atomic E-state index is 0.186. The third-order valence-electron chi connectivity index (χ3n) is 3.17. The van der Waals surface area contributed by atoms with Crippen LogP contribution in [-0.4, -0.2) is 35.1 Å². The summed E-state index contributed by atoms with van der Waals surface area (Å²) in [5, 5.41) is 11.5. The largest absolute Gasteiger partial charge is 0.393 e. The van der Waals surface area contributed by atoms with Crippen LogP contribution < -0.4 is 0 Å². The Morgan fingerprint density at radius 3 is 3.12 bits per heavy atom. The molecule has 2 rings (SSSR count). The number of nitrogens with zero attached hydrogens (tertiary/aromatic N) is 1. The van der Waals surface area contributed by atoms with Gasteiger partial charge in [0.25, 0.3) is 0 Å². The molecule has 0 spiro atoms. The van der Waals surface area contributed by atoms with Crippen LogP contribution in [-0.2, 0) is 11.2 Å². The van der Waals surface area contributed by atoms with Gasteiger partial charge in [-0.05, 0) is 24.8 Å². The fraction of sp³-hybridized carbons (Fsp3) is 0.583. The van der Waals surface area contributed by atoms with E-state index < -0.39 is 0 Å². The van der Waals surface area contributed by atoms with E-state index in [1.807, 2.05) is 22.4 Å². The molecule has 0 radical (unpaired) electrons. The van der Waals surface area contributed by atoms with Gasteiger partial charge in [-0.15, -0.1) is 11.3 Å². The number of aliphatic hydroxyl groups excluding tert-OH is 1. The lowest BCUT2D eigenvalue weighted by Gasteiger charge is -2.17. The molecule has 4 heteroatoms. The van der Waals surface area contributed by atoms with Crippen molar-refractivity contribution in [3.05, 3.63) is 22.4 Å². The summed E-state index contributed by atoms with van der Waals surface area (Å²) in [5.41, 5.74) is 0. The highest BCUT2D eigenvalue weighted by Crippen LogP contribution is 2.21. The third kappa shape index (κ3) is 2.62. The number of likely N-dealkylation sites (tertiary alicyclic amines) is 1. The SMILES string of the molecule is CC(O)C1CCN(C(=O)Cc2cccs2)C1. The van der Waals surface area contributed by atoms with Gasteiger partial charge in [-0.25, -0.2) is 0 Å². The molecule has 0 saturated carbocycles. The normalized spacial score (nSPS) is 22.4. The predicted molar refractivity (Wildman–Crippen MR) is 64.4 cm³/mol. The molecule has 1 N–H and O–H groups in total. The lowest BCUT2D eigenvalue weighted by molar-refractivity contribution is -0.129. The average Bonchev–Trinajstić information content (AvgIpc) is 2.86. The average molecular weight is 239 g/mol. The van der Waals surface area contributed by atoms with Crippen molar-refractivity contribution in [2.45, 2.75) is 25.9 Å². The molecule has 1 amide bonds. The first-order valence-electron chi connectivity index (χ1n) is 5.65. The van der Waals surface area contributed by atoms with Crippen LogP contribution in [0.3, 0.4) is 0 Å². The number of hydrogen-bond donors (Lipinski definition) is 1. The van der Waals surface area contributed by atoms with Crippen LogP contribution in [0.4, 0.5) is 0 Å². The maximum atomic E-state index is 11.9. The van der Waals surface area contributed by atoms with Crippen LogP contribution in [0.15, 0.2) is 17.5 Å². The van der Waals surface area contributed by atoms with Crippen LogP contribution in [0.1, 0.15) is 18.2 Å². The van der Waals surface area contributed by atoms with E-state index in [-0.39, 0.29) is 17.9 Å². The van der Waals surface area contributed by atoms with Gasteiger partial charge in [-0.3, -0.25) is 4.79 Å². The van der Waals surface area contributed by atoms with Crippen LogP contribution in [0.25, 0.3) is 0 Å². The van der Waals surface area contributed by atoms with Crippen molar-refractivity contribution >= 4 is 17.2 Å². The fourth-order valence-electron chi connectivity index (χ4n) is 2.08. The predicted octanol–water partition coefficient (Wildman–Crippen LogP) is 1.52. The number of carbonyl (C=O) groups excluding carboxylic acids is 1. The van der Waals surface area contributed by atoms with E-state index in [2.05, 4.69) is 0 Å². The Morgan fingerprint density at radius 2 is 2.56 bits per heavy atom. The smallest absolute Gasteiger partial charge is 0.227 e. The first-order chi connectivity index (χ1) is 7.66. The first-order valence-corrected chi connectivity index (χ1v) is 6.53. The number of carbonyl (C=O) groups is 1. The van der Waals surface area contributed by atoms with Crippen LogP contribution >= 0.6 is 11.3 Å². The van der Waals surface area contributed by atoms with E-state index in [1.165, 1.54) is 0 Å². The number of aliphatic hydroxyl groups is 1. The zero-order chi connectivity index (χ0) is 11.5. The molecule has 2 unspecified atom stereocenters. The molecule has 0 aliphatic carbocycles. The Hall–Kier alpha value is -0.870. The van der Waals surface area contributed by atoms with Crippen molar-refractivity contribution in [2.75, 3.05) is 13.1 Å². The summed E-state index contributed by atoms with van der Waals surface area (Å²) in [7, 11) is 0. The summed E-state index contributed by atoms with van der Waals surface area (Å²) in [4.78, 5) is 14.9. The first kappa shape index (κ1) is 11.6. The summed E-state index contributed by atoms with van der Waals surface area (Å²) in [6, 6.07) is 3.96. The maximum absolute atomic E-state index is 11.9. The molecule has 1 aliphatic rings. The van der Waals surface area contributed by atoms with E-state index in [0.717, 1.165) is 17.8 Å². The van der Waals surface area contributed by atoms with Crippen molar-refractivity contribution in [2.24, 2.45) is 5.92 Å². The number of amides is 1. The summed E-state index contributed by atoms with van der Waals surface area (Å²) in [6.45, 7) is 3.31. The van der Waals surface area contributed by atoms with E-state index in [9.17, 15) is 9.90 Å². The number of rotatable bonds is 3. The molecular weight excluding hydrogens is 222 g/mol. The van der Waals surface area contributed by atoms with Crippen molar-refractivity contribution in [1.29, 1.82) is 0 Å². The topological polar surface area (TPSA) is 40.5 Å². The standard InChI is InChI=1S/C12H17NO2S/c1-9(14)10-4-5-13(8-10)12(15)7-11-3-2-6-16-11/h2-3,6,9-10,14H,4-5,7-8H2,1H3. The molecule has 1 aromatic heterocycles. The van der Waals surface area contributed by atoms with Gasteiger partial charge in [0.05, 0.1) is 12.5 Å². The molecule has 1 aliphatic heterocycles. The molecule has 1 fully saturated rings. The molecule has 3 nitrogen and oxygen atoms in total. The van der Waals surface area contributed by atoms with E-state index in [0.29, 0.717) is 13.0 Å². The van der Waals surface area contributed by atoms with Gasteiger partial charge in [0.1, 0.15) is 0 Å². The van der Waals surface area contributed by atoms with Crippen molar-refractivity contribution in [3.8, 4) is 0 Å². The zero-order valence-corrected chi connectivity index (χ0v) is 10.2. The van der Waals surface area contributed by atoms with Gasteiger partial charge in [0.15, 0.2) is 0 Å².